The van der Waals surface area contributed by atoms with Crippen LogP contribution in [0.5, 0.6) is 5.75 Å². The van der Waals surface area contributed by atoms with Gasteiger partial charge in [-0.05, 0) is 58.0 Å². The molecule has 1 fully saturated rings. The molecule has 110 valence electrons. The minimum absolute atomic E-state index is 0.0351. The maximum absolute atomic E-state index is 6.54. The van der Waals surface area contributed by atoms with E-state index in [1.165, 1.54) is 16.7 Å². The number of nitrogens with one attached hydrogen (secondary N) is 1. The van der Waals surface area contributed by atoms with Crippen LogP contribution < -0.4 is 10.1 Å². The Bertz CT molecular complexity index is 504. The van der Waals surface area contributed by atoms with Crippen LogP contribution in [-0.2, 0) is 0 Å². The lowest BCUT2D eigenvalue weighted by atomic mass is 9.79. The molecule has 3 heteroatoms. The molecule has 0 radical (unpaired) electrons. The Labute approximate surface area is 122 Å². The van der Waals surface area contributed by atoms with Crippen LogP contribution in [0.4, 0.5) is 0 Å². The Morgan fingerprint density at radius 2 is 1.95 bits per heavy atom. The predicted molar refractivity (Wildman–Crippen MR) is 82.4 cm³/mol. The van der Waals surface area contributed by atoms with Gasteiger partial charge in [0.1, 0.15) is 11.4 Å². The third-order valence-corrected chi connectivity index (χ3v) is 4.99. The summed E-state index contributed by atoms with van der Waals surface area (Å²) in [5.41, 5.74) is 4.04. The number of benzene rings is 1. The van der Waals surface area contributed by atoms with E-state index in [1.807, 2.05) is 0 Å². The van der Waals surface area contributed by atoms with Gasteiger partial charge in [-0.3, -0.25) is 0 Å². The molecule has 2 heterocycles. The van der Waals surface area contributed by atoms with Gasteiger partial charge in [-0.2, -0.15) is 0 Å². The molecule has 0 amide bonds. The van der Waals surface area contributed by atoms with E-state index in [4.69, 9.17) is 4.74 Å². The normalized spacial score (nSPS) is 25.3. The average molecular weight is 274 g/mol. The molecule has 1 spiro atoms. The molecule has 1 aromatic carbocycles. The molecule has 0 bridgehead atoms. The van der Waals surface area contributed by atoms with Crippen LogP contribution in [0.25, 0.3) is 0 Å². The monoisotopic (exact) mass is 274 g/mol. The van der Waals surface area contributed by atoms with Crippen molar-refractivity contribution in [2.45, 2.75) is 44.8 Å². The smallest absolute Gasteiger partial charge is 0.125 e. The SMILES string of the molecule is CNC1CC2(CCN(C)CC2)Oc2cc(C)cc(C)c21. The highest BCUT2D eigenvalue weighted by atomic mass is 16.5. The van der Waals surface area contributed by atoms with Crippen LogP contribution in [0.2, 0.25) is 0 Å². The van der Waals surface area contributed by atoms with E-state index < -0.39 is 0 Å². The van der Waals surface area contributed by atoms with Crippen LogP contribution in [0.15, 0.2) is 12.1 Å². The maximum Gasteiger partial charge on any atom is 0.125 e. The summed E-state index contributed by atoms with van der Waals surface area (Å²) in [6.07, 6.45) is 3.36. The van der Waals surface area contributed by atoms with E-state index in [0.29, 0.717) is 6.04 Å². The van der Waals surface area contributed by atoms with Crippen molar-refractivity contribution in [1.82, 2.24) is 10.2 Å². The first-order chi connectivity index (χ1) is 9.53. The first-order valence-electron chi connectivity index (χ1n) is 7.69. The molecule has 0 saturated carbocycles. The molecule has 0 aromatic heterocycles. The number of hydrogen-bond donors (Lipinski definition) is 1. The Hall–Kier alpha value is -1.06. The number of hydrogen-bond acceptors (Lipinski definition) is 3. The maximum atomic E-state index is 6.54. The van der Waals surface area contributed by atoms with Crippen LogP contribution in [0.1, 0.15) is 42.0 Å². The lowest BCUT2D eigenvalue weighted by Gasteiger charge is -2.46. The van der Waals surface area contributed by atoms with Gasteiger partial charge in [-0.25, -0.2) is 0 Å². The first kappa shape index (κ1) is 13.9. The molecule has 0 aliphatic carbocycles. The Balaban J connectivity index is 1.98. The van der Waals surface area contributed by atoms with Gasteiger partial charge in [0.2, 0.25) is 0 Å². The number of piperidine rings is 1. The van der Waals surface area contributed by atoms with Gasteiger partial charge in [0, 0.05) is 31.1 Å². The molecule has 3 rings (SSSR count). The topological polar surface area (TPSA) is 24.5 Å². The van der Waals surface area contributed by atoms with Gasteiger partial charge in [-0.1, -0.05) is 6.07 Å². The van der Waals surface area contributed by atoms with Crippen molar-refractivity contribution in [3.05, 3.63) is 28.8 Å². The molecule has 20 heavy (non-hydrogen) atoms. The van der Waals surface area contributed by atoms with Gasteiger partial charge in [0.05, 0.1) is 0 Å². The number of nitrogens with zero attached hydrogens (tertiary/aromatic N) is 1. The molecule has 1 saturated heterocycles. The number of aryl methyl sites for hydroxylation is 2. The molecular weight excluding hydrogens is 248 g/mol. The van der Waals surface area contributed by atoms with Crippen LogP contribution in [0, 0.1) is 13.8 Å². The highest BCUT2D eigenvalue weighted by Gasteiger charge is 2.42. The molecular formula is C17H26N2O. The van der Waals surface area contributed by atoms with Crippen molar-refractivity contribution in [2.24, 2.45) is 0 Å². The number of likely N-dealkylation sites (tertiary alicyclic amines) is 1. The van der Waals surface area contributed by atoms with Gasteiger partial charge < -0.3 is 15.0 Å². The Morgan fingerprint density at radius 1 is 1.25 bits per heavy atom. The fraction of sp³-hybridized carbons (Fsp3) is 0.647. The van der Waals surface area contributed by atoms with Crippen LogP contribution >= 0.6 is 0 Å². The lowest BCUT2D eigenvalue weighted by molar-refractivity contribution is -0.0197. The molecule has 1 atom stereocenters. The average Bonchev–Trinajstić information content (AvgIpc) is 2.41. The van der Waals surface area contributed by atoms with E-state index in [2.05, 4.69) is 50.3 Å². The van der Waals surface area contributed by atoms with Gasteiger partial charge in [-0.15, -0.1) is 0 Å². The lowest BCUT2D eigenvalue weighted by Crippen LogP contribution is -2.51. The van der Waals surface area contributed by atoms with E-state index in [1.54, 1.807) is 0 Å². The highest BCUT2D eigenvalue weighted by molar-refractivity contribution is 5.47. The van der Waals surface area contributed by atoms with E-state index >= 15 is 0 Å². The number of fused-ring (bicyclic) bond motifs is 1. The summed E-state index contributed by atoms with van der Waals surface area (Å²) >= 11 is 0. The summed E-state index contributed by atoms with van der Waals surface area (Å²) < 4.78 is 6.54. The Morgan fingerprint density at radius 3 is 2.60 bits per heavy atom. The minimum Gasteiger partial charge on any atom is -0.487 e. The first-order valence-corrected chi connectivity index (χ1v) is 7.69. The number of rotatable bonds is 1. The van der Waals surface area contributed by atoms with Crippen molar-refractivity contribution in [2.75, 3.05) is 27.2 Å². The molecule has 1 N–H and O–H groups in total. The zero-order valence-electron chi connectivity index (χ0n) is 13.1. The summed E-state index contributed by atoms with van der Waals surface area (Å²) in [4.78, 5) is 2.40. The predicted octanol–water partition coefficient (Wildman–Crippen LogP) is 2.81. The standard InChI is InChI=1S/C17H26N2O/c1-12-9-13(2)16-14(18-3)11-17(20-15(16)10-12)5-7-19(4)8-6-17/h9-10,14,18H,5-8,11H2,1-4H3. The van der Waals surface area contributed by atoms with Gasteiger partial charge >= 0.3 is 0 Å². The second-order valence-electron chi connectivity index (χ2n) is 6.63. The highest BCUT2D eigenvalue weighted by Crippen LogP contribution is 2.45. The Kier molecular flexibility index (Phi) is 3.51. The van der Waals surface area contributed by atoms with E-state index in [-0.39, 0.29) is 5.60 Å². The fourth-order valence-corrected chi connectivity index (χ4v) is 3.80. The fourth-order valence-electron chi connectivity index (χ4n) is 3.80. The molecule has 2 aliphatic rings. The second kappa shape index (κ2) is 5.05. The van der Waals surface area contributed by atoms with E-state index in [0.717, 1.165) is 38.1 Å². The van der Waals surface area contributed by atoms with Gasteiger partial charge in [0.25, 0.3) is 0 Å². The zero-order valence-corrected chi connectivity index (χ0v) is 13.1. The molecule has 2 aliphatic heterocycles. The largest absolute Gasteiger partial charge is 0.487 e. The van der Waals surface area contributed by atoms with Crippen molar-refractivity contribution >= 4 is 0 Å². The summed E-state index contributed by atoms with van der Waals surface area (Å²) in [6.45, 7) is 6.63. The number of ether oxygens (including phenoxy) is 1. The van der Waals surface area contributed by atoms with Crippen LogP contribution in [0.3, 0.4) is 0 Å². The molecule has 1 unspecified atom stereocenters. The summed E-state index contributed by atoms with van der Waals surface area (Å²) in [5, 5.41) is 3.51. The second-order valence-corrected chi connectivity index (χ2v) is 6.63. The molecule has 3 nitrogen and oxygen atoms in total. The van der Waals surface area contributed by atoms with Crippen molar-refractivity contribution in [3.63, 3.8) is 0 Å². The van der Waals surface area contributed by atoms with E-state index in [9.17, 15) is 0 Å². The minimum atomic E-state index is 0.0351. The van der Waals surface area contributed by atoms with Gasteiger partial charge in [0.15, 0.2) is 0 Å². The summed E-state index contributed by atoms with van der Waals surface area (Å²) in [6, 6.07) is 4.90. The van der Waals surface area contributed by atoms with Crippen molar-refractivity contribution in [3.8, 4) is 5.75 Å². The summed E-state index contributed by atoms with van der Waals surface area (Å²) in [5.74, 6) is 1.11. The summed E-state index contributed by atoms with van der Waals surface area (Å²) in [7, 11) is 4.27. The third-order valence-electron chi connectivity index (χ3n) is 4.99. The zero-order chi connectivity index (χ0) is 14.3. The van der Waals surface area contributed by atoms with Crippen molar-refractivity contribution in [1.29, 1.82) is 0 Å². The third kappa shape index (κ3) is 2.33. The van der Waals surface area contributed by atoms with Crippen molar-refractivity contribution < 1.29 is 4.74 Å². The van der Waals surface area contributed by atoms with Crippen LogP contribution in [-0.4, -0.2) is 37.7 Å². The molecule has 1 aromatic rings. The quantitative estimate of drug-likeness (QED) is 0.852.